The largest absolute Gasteiger partial charge is 0.368 e. The van der Waals surface area contributed by atoms with Gasteiger partial charge in [-0.1, -0.05) is 39.7 Å². The van der Waals surface area contributed by atoms with E-state index in [-0.39, 0.29) is 0 Å². The van der Waals surface area contributed by atoms with Crippen LogP contribution in [0.1, 0.15) is 5.56 Å². The van der Waals surface area contributed by atoms with Gasteiger partial charge in [-0.15, -0.1) is 0 Å². The maximum atomic E-state index is 5.93. The number of anilines is 1. The van der Waals surface area contributed by atoms with Crippen LogP contribution in [-0.2, 0) is 0 Å². The second-order valence-electron chi connectivity index (χ2n) is 5.21. The fourth-order valence-electron chi connectivity index (χ4n) is 2.42. The topological polar surface area (TPSA) is 18.8 Å². The Morgan fingerprint density at radius 3 is 2.18 bits per heavy atom. The molecule has 0 N–H and O–H groups in total. The molecule has 1 heterocycles. The summed E-state index contributed by atoms with van der Waals surface area (Å²) in [5, 5.41) is 7.47. The van der Waals surface area contributed by atoms with Gasteiger partial charge in [0.1, 0.15) is 0 Å². The molecule has 0 unspecified atom stereocenters. The van der Waals surface area contributed by atoms with Crippen molar-refractivity contribution in [3.05, 3.63) is 63.6 Å². The van der Waals surface area contributed by atoms with E-state index in [1.54, 1.807) is 0 Å². The molecule has 0 aliphatic carbocycles. The number of piperazine rings is 1. The van der Waals surface area contributed by atoms with Crippen LogP contribution in [0.2, 0.25) is 5.02 Å². The van der Waals surface area contributed by atoms with E-state index >= 15 is 0 Å². The smallest absolute Gasteiger partial charge is 0.0542 e. The average Bonchev–Trinajstić information content (AvgIpc) is 2.56. The third-order valence-electron chi connectivity index (χ3n) is 3.69. The van der Waals surface area contributed by atoms with Gasteiger partial charge in [0, 0.05) is 28.3 Å². The van der Waals surface area contributed by atoms with E-state index in [2.05, 4.69) is 55.2 Å². The molecule has 0 atom stereocenters. The highest BCUT2D eigenvalue weighted by Gasteiger charge is 2.15. The molecule has 2 aromatic carbocycles. The highest BCUT2D eigenvalue weighted by Crippen LogP contribution is 2.19. The Morgan fingerprint density at radius 2 is 1.55 bits per heavy atom. The van der Waals surface area contributed by atoms with Crippen molar-refractivity contribution in [2.45, 2.75) is 0 Å². The molecule has 114 valence electrons. The van der Waals surface area contributed by atoms with Gasteiger partial charge in [0.25, 0.3) is 0 Å². The molecule has 0 amide bonds. The first-order valence-electron chi connectivity index (χ1n) is 7.26. The molecule has 2 aromatic rings. The van der Waals surface area contributed by atoms with Crippen molar-refractivity contribution in [1.29, 1.82) is 0 Å². The van der Waals surface area contributed by atoms with Crippen molar-refractivity contribution in [2.24, 2.45) is 5.10 Å². The second-order valence-corrected chi connectivity index (χ2v) is 6.57. The van der Waals surface area contributed by atoms with Crippen molar-refractivity contribution in [3.8, 4) is 0 Å². The third-order valence-corrected chi connectivity index (χ3v) is 4.47. The van der Waals surface area contributed by atoms with Gasteiger partial charge in [-0.05, 0) is 42.0 Å². The molecule has 0 bridgehead atoms. The van der Waals surface area contributed by atoms with Gasteiger partial charge in [-0.3, -0.25) is 5.01 Å². The molecule has 0 saturated carbocycles. The summed E-state index contributed by atoms with van der Waals surface area (Å²) in [6, 6.07) is 16.2. The molecular formula is C17H17BrClN3. The minimum absolute atomic E-state index is 0.779. The first-order chi connectivity index (χ1) is 10.7. The second kappa shape index (κ2) is 7.16. The zero-order chi connectivity index (χ0) is 15.4. The predicted octanol–water partition coefficient (Wildman–Crippen LogP) is 4.26. The van der Waals surface area contributed by atoms with Crippen LogP contribution in [0.15, 0.2) is 58.1 Å². The van der Waals surface area contributed by atoms with Gasteiger partial charge in [-0.2, -0.15) is 5.10 Å². The first kappa shape index (κ1) is 15.4. The predicted molar refractivity (Wildman–Crippen MR) is 97.0 cm³/mol. The summed E-state index contributed by atoms with van der Waals surface area (Å²) in [5.41, 5.74) is 2.34. The SMILES string of the molecule is Clc1ccc(N2CCN(/N=C\c3ccc(Br)cc3)CC2)cc1. The lowest BCUT2D eigenvalue weighted by molar-refractivity contribution is 0.272. The van der Waals surface area contributed by atoms with Gasteiger partial charge in [-0.25, -0.2) is 0 Å². The van der Waals surface area contributed by atoms with E-state index in [0.29, 0.717) is 0 Å². The summed E-state index contributed by atoms with van der Waals surface area (Å²) < 4.78 is 1.08. The summed E-state index contributed by atoms with van der Waals surface area (Å²) >= 11 is 9.37. The Hall–Kier alpha value is -1.52. The van der Waals surface area contributed by atoms with E-state index < -0.39 is 0 Å². The molecule has 5 heteroatoms. The highest BCUT2D eigenvalue weighted by molar-refractivity contribution is 9.10. The molecular weight excluding hydrogens is 362 g/mol. The molecule has 0 radical (unpaired) electrons. The van der Waals surface area contributed by atoms with E-state index in [1.165, 1.54) is 5.69 Å². The summed E-state index contributed by atoms with van der Waals surface area (Å²) in [5.74, 6) is 0. The van der Waals surface area contributed by atoms with Crippen LogP contribution in [0.25, 0.3) is 0 Å². The molecule has 1 aliphatic heterocycles. The monoisotopic (exact) mass is 377 g/mol. The minimum Gasteiger partial charge on any atom is -0.368 e. The standard InChI is InChI=1S/C17H17BrClN3/c18-15-3-1-14(2-4-15)13-20-22-11-9-21(10-12-22)17-7-5-16(19)6-8-17/h1-8,13H,9-12H2/b20-13-. The molecule has 3 rings (SSSR count). The Morgan fingerprint density at radius 1 is 0.909 bits per heavy atom. The van der Waals surface area contributed by atoms with Crippen LogP contribution in [0.5, 0.6) is 0 Å². The fourth-order valence-corrected chi connectivity index (χ4v) is 2.81. The van der Waals surface area contributed by atoms with E-state index in [1.807, 2.05) is 30.5 Å². The number of hydrazone groups is 1. The van der Waals surface area contributed by atoms with Crippen LogP contribution < -0.4 is 4.90 Å². The minimum atomic E-state index is 0.779. The Kier molecular flexibility index (Phi) is 5.01. The van der Waals surface area contributed by atoms with Crippen LogP contribution in [0.4, 0.5) is 5.69 Å². The van der Waals surface area contributed by atoms with E-state index in [4.69, 9.17) is 11.6 Å². The van der Waals surface area contributed by atoms with Crippen molar-refractivity contribution in [1.82, 2.24) is 5.01 Å². The molecule has 1 saturated heterocycles. The number of halogens is 2. The highest BCUT2D eigenvalue weighted by atomic mass is 79.9. The molecule has 0 aromatic heterocycles. The normalized spacial score (nSPS) is 15.5. The summed E-state index contributed by atoms with van der Waals surface area (Å²) in [7, 11) is 0. The maximum Gasteiger partial charge on any atom is 0.0542 e. The lowest BCUT2D eigenvalue weighted by atomic mass is 10.2. The number of nitrogens with zero attached hydrogens (tertiary/aromatic N) is 3. The van der Waals surface area contributed by atoms with Crippen LogP contribution in [0, 0.1) is 0 Å². The van der Waals surface area contributed by atoms with Crippen LogP contribution >= 0.6 is 27.5 Å². The number of rotatable bonds is 3. The number of hydrogen-bond acceptors (Lipinski definition) is 3. The van der Waals surface area contributed by atoms with Gasteiger partial charge in [0.2, 0.25) is 0 Å². The third kappa shape index (κ3) is 4.02. The zero-order valence-corrected chi connectivity index (χ0v) is 14.5. The molecule has 22 heavy (non-hydrogen) atoms. The average molecular weight is 379 g/mol. The van der Waals surface area contributed by atoms with Crippen LogP contribution in [-0.4, -0.2) is 37.4 Å². The van der Waals surface area contributed by atoms with E-state index in [0.717, 1.165) is 41.2 Å². The van der Waals surface area contributed by atoms with E-state index in [9.17, 15) is 0 Å². The molecule has 1 fully saturated rings. The van der Waals surface area contributed by atoms with Gasteiger partial charge < -0.3 is 4.90 Å². The van der Waals surface area contributed by atoms with Gasteiger partial charge in [0.05, 0.1) is 19.3 Å². The molecule has 0 spiro atoms. The zero-order valence-electron chi connectivity index (χ0n) is 12.1. The van der Waals surface area contributed by atoms with Crippen molar-refractivity contribution < 1.29 is 0 Å². The number of benzene rings is 2. The Bertz CT molecular complexity index is 632. The molecule has 1 aliphatic rings. The van der Waals surface area contributed by atoms with Crippen molar-refractivity contribution in [3.63, 3.8) is 0 Å². The maximum absolute atomic E-state index is 5.93. The van der Waals surface area contributed by atoms with Crippen LogP contribution in [0.3, 0.4) is 0 Å². The van der Waals surface area contributed by atoms with Gasteiger partial charge >= 0.3 is 0 Å². The van der Waals surface area contributed by atoms with Crippen molar-refractivity contribution in [2.75, 3.05) is 31.1 Å². The lowest BCUT2D eigenvalue weighted by Gasteiger charge is -2.34. The Balaban J connectivity index is 1.55. The fraction of sp³-hybridized carbons (Fsp3) is 0.235. The first-order valence-corrected chi connectivity index (χ1v) is 8.43. The Labute approximate surface area is 144 Å². The van der Waals surface area contributed by atoms with Gasteiger partial charge in [0.15, 0.2) is 0 Å². The quantitative estimate of drug-likeness (QED) is 0.743. The lowest BCUT2D eigenvalue weighted by Crippen LogP contribution is -2.44. The number of hydrogen-bond donors (Lipinski definition) is 0. The summed E-state index contributed by atoms with van der Waals surface area (Å²) in [4.78, 5) is 2.36. The summed E-state index contributed by atoms with van der Waals surface area (Å²) in [6.07, 6.45) is 1.92. The molecule has 3 nitrogen and oxygen atoms in total. The van der Waals surface area contributed by atoms with Crippen molar-refractivity contribution >= 4 is 39.4 Å². The summed E-state index contributed by atoms with van der Waals surface area (Å²) in [6.45, 7) is 3.80.